The minimum atomic E-state index is -0.243. The number of nitrogens with zero attached hydrogens (tertiary/aromatic N) is 2. The molecule has 1 aromatic rings. The molecule has 2 amide bonds. The third kappa shape index (κ3) is 4.58. The molecule has 0 unspecified atom stereocenters. The molecule has 2 aliphatic heterocycles. The highest BCUT2D eigenvalue weighted by atomic mass is 16.5. The molecule has 2 aliphatic rings. The van der Waals surface area contributed by atoms with Crippen molar-refractivity contribution in [1.29, 1.82) is 0 Å². The van der Waals surface area contributed by atoms with Gasteiger partial charge in [-0.05, 0) is 50.9 Å². The fraction of sp³-hybridized carbons (Fsp3) is 0.619. The van der Waals surface area contributed by atoms with Crippen molar-refractivity contribution in [2.24, 2.45) is 17.6 Å². The molecule has 3 rings (SSSR count). The molecular weight excluding hydrogens is 358 g/mol. The Labute approximate surface area is 166 Å². The van der Waals surface area contributed by atoms with E-state index < -0.39 is 0 Å². The molecular formula is C21H31N3O4. The first-order valence-electron chi connectivity index (χ1n) is 10.0. The number of likely N-dealkylation sites (tertiary alicyclic amines) is 2. The molecule has 0 aliphatic carbocycles. The second kappa shape index (κ2) is 9.28. The van der Waals surface area contributed by atoms with Crippen molar-refractivity contribution in [3.05, 3.63) is 23.8 Å². The van der Waals surface area contributed by atoms with Gasteiger partial charge < -0.3 is 20.1 Å². The van der Waals surface area contributed by atoms with E-state index in [-0.39, 0.29) is 23.7 Å². The maximum absolute atomic E-state index is 12.8. The molecule has 7 heteroatoms. The zero-order valence-electron chi connectivity index (χ0n) is 16.9. The molecule has 28 heavy (non-hydrogen) atoms. The number of primary amides is 1. The van der Waals surface area contributed by atoms with E-state index in [2.05, 4.69) is 4.90 Å². The van der Waals surface area contributed by atoms with E-state index in [0.717, 1.165) is 49.5 Å². The number of piperidine rings is 2. The van der Waals surface area contributed by atoms with Gasteiger partial charge in [-0.25, -0.2) is 0 Å². The third-order valence-corrected chi connectivity index (χ3v) is 6.06. The Kier molecular flexibility index (Phi) is 6.78. The van der Waals surface area contributed by atoms with Crippen LogP contribution in [-0.4, -0.2) is 62.0 Å². The van der Waals surface area contributed by atoms with Gasteiger partial charge in [0.15, 0.2) is 0 Å². The zero-order valence-corrected chi connectivity index (χ0v) is 16.9. The van der Waals surface area contributed by atoms with Crippen molar-refractivity contribution in [3.8, 4) is 11.5 Å². The molecule has 0 spiro atoms. The van der Waals surface area contributed by atoms with Crippen molar-refractivity contribution >= 4 is 11.8 Å². The molecule has 2 heterocycles. The van der Waals surface area contributed by atoms with Crippen LogP contribution in [0, 0.1) is 11.8 Å². The molecule has 2 fully saturated rings. The van der Waals surface area contributed by atoms with Crippen LogP contribution in [0.5, 0.6) is 11.5 Å². The highest BCUT2D eigenvalue weighted by Gasteiger charge is 2.32. The van der Waals surface area contributed by atoms with E-state index in [4.69, 9.17) is 15.2 Å². The van der Waals surface area contributed by atoms with Crippen molar-refractivity contribution in [2.45, 2.75) is 32.2 Å². The summed E-state index contributed by atoms with van der Waals surface area (Å²) in [5.74, 6) is 1.64. The van der Waals surface area contributed by atoms with E-state index in [1.807, 2.05) is 23.1 Å². The van der Waals surface area contributed by atoms with Crippen molar-refractivity contribution in [2.75, 3.05) is 40.4 Å². The van der Waals surface area contributed by atoms with Crippen LogP contribution < -0.4 is 15.2 Å². The topological polar surface area (TPSA) is 85.1 Å². The average molecular weight is 389 g/mol. The Hall–Kier alpha value is -2.28. The number of methoxy groups -OCH3 is 2. The summed E-state index contributed by atoms with van der Waals surface area (Å²) in [5, 5.41) is 0. The Morgan fingerprint density at radius 3 is 2.00 bits per heavy atom. The summed E-state index contributed by atoms with van der Waals surface area (Å²) in [5.41, 5.74) is 6.43. The lowest BCUT2D eigenvalue weighted by Crippen LogP contribution is -2.46. The smallest absolute Gasteiger partial charge is 0.225 e. The van der Waals surface area contributed by atoms with Gasteiger partial charge in [-0.15, -0.1) is 0 Å². The molecule has 0 aromatic heterocycles. The fourth-order valence-electron chi connectivity index (χ4n) is 4.29. The van der Waals surface area contributed by atoms with E-state index >= 15 is 0 Å². The van der Waals surface area contributed by atoms with Gasteiger partial charge in [0.25, 0.3) is 0 Å². The summed E-state index contributed by atoms with van der Waals surface area (Å²) in [4.78, 5) is 28.4. The highest BCUT2D eigenvalue weighted by Crippen LogP contribution is 2.31. The maximum Gasteiger partial charge on any atom is 0.225 e. The molecule has 0 atom stereocenters. The van der Waals surface area contributed by atoms with Crippen molar-refractivity contribution < 1.29 is 19.1 Å². The van der Waals surface area contributed by atoms with Gasteiger partial charge in [-0.2, -0.15) is 0 Å². The molecule has 0 bridgehead atoms. The molecule has 7 nitrogen and oxygen atoms in total. The first kappa shape index (κ1) is 20.5. The summed E-state index contributed by atoms with van der Waals surface area (Å²) < 4.78 is 11.0. The number of rotatable bonds is 6. The minimum absolute atomic E-state index is 0.0703. The minimum Gasteiger partial charge on any atom is -0.496 e. The predicted molar refractivity (Wildman–Crippen MR) is 106 cm³/mol. The van der Waals surface area contributed by atoms with Gasteiger partial charge in [0, 0.05) is 31.5 Å². The lowest BCUT2D eigenvalue weighted by atomic mass is 9.91. The monoisotopic (exact) mass is 389 g/mol. The quantitative estimate of drug-likeness (QED) is 0.799. The van der Waals surface area contributed by atoms with E-state index in [1.165, 1.54) is 0 Å². The van der Waals surface area contributed by atoms with Gasteiger partial charge in [0.2, 0.25) is 11.8 Å². The summed E-state index contributed by atoms with van der Waals surface area (Å²) in [6.45, 7) is 3.78. The van der Waals surface area contributed by atoms with Crippen LogP contribution in [0.3, 0.4) is 0 Å². The number of nitrogens with two attached hydrogens (primary N) is 1. The summed E-state index contributed by atoms with van der Waals surface area (Å²) in [6.07, 6.45) is 3.08. The van der Waals surface area contributed by atoms with Gasteiger partial charge in [-0.3, -0.25) is 14.5 Å². The zero-order chi connectivity index (χ0) is 20.1. The number of amides is 2. The number of ether oxygens (including phenoxy) is 2. The second-order valence-electron chi connectivity index (χ2n) is 7.69. The Morgan fingerprint density at radius 1 is 0.964 bits per heavy atom. The predicted octanol–water partition coefficient (Wildman–Crippen LogP) is 1.64. The van der Waals surface area contributed by atoms with E-state index in [1.54, 1.807) is 14.2 Å². The van der Waals surface area contributed by atoms with Crippen LogP contribution in [0.4, 0.5) is 0 Å². The summed E-state index contributed by atoms with van der Waals surface area (Å²) >= 11 is 0. The van der Waals surface area contributed by atoms with Crippen LogP contribution in [0.25, 0.3) is 0 Å². The molecule has 0 saturated carbocycles. The number of benzene rings is 1. The fourth-order valence-corrected chi connectivity index (χ4v) is 4.29. The van der Waals surface area contributed by atoms with Crippen LogP contribution in [-0.2, 0) is 16.1 Å². The molecule has 2 N–H and O–H groups in total. The van der Waals surface area contributed by atoms with Gasteiger partial charge in [0.1, 0.15) is 11.5 Å². The third-order valence-electron chi connectivity index (χ3n) is 6.06. The standard InChI is InChI=1S/C21H31N3O4/c1-27-18-4-3-5-19(28-2)17(18)14-23-10-6-16(7-11-23)21(26)24-12-8-15(9-13-24)20(22)25/h3-5,15-16H,6-14H2,1-2H3,(H2,22,25). The Balaban J connectivity index is 1.53. The Morgan fingerprint density at radius 2 is 1.50 bits per heavy atom. The van der Waals surface area contributed by atoms with E-state index in [0.29, 0.717) is 25.9 Å². The van der Waals surface area contributed by atoms with Crippen molar-refractivity contribution in [1.82, 2.24) is 9.80 Å². The molecule has 1 aromatic carbocycles. The van der Waals surface area contributed by atoms with Crippen LogP contribution in [0.15, 0.2) is 18.2 Å². The number of hydrogen-bond donors (Lipinski definition) is 1. The Bertz CT molecular complexity index is 671. The van der Waals surface area contributed by atoms with Crippen LogP contribution in [0.1, 0.15) is 31.2 Å². The number of hydrogen-bond acceptors (Lipinski definition) is 5. The number of carbonyl (C=O) groups excluding carboxylic acids is 2. The van der Waals surface area contributed by atoms with E-state index in [9.17, 15) is 9.59 Å². The highest BCUT2D eigenvalue weighted by molar-refractivity contribution is 5.80. The van der Waals surface area contributed by atoms with Crippen LogP contribution >= 0.6 is 0 Å². The molecule has 0 radical (unpaired) electrons. The van der Waals surface area contributed by atoms with Crippen LogP contribution in [0.2, 0.25) is 0 Å². The van der Waals surface area contributed by atoms with Gasteiger partial charge >= 0.3 is 0 Å². The summed E-state index contributed by atoms with van der Waals surface area (Å²) in [6, 6.07) is 5.82. The first-order chi connectivity index (χ1) is 13.5. The second-order valence-corrected chi connectivity index (χ2v) is 7.69. The lowest BCUT2D eigenvalue weighted by molar-refractivity contribution is -0.140. The van der Waals surface area contributed by atoms with Gasteiger partial charge in [-0.1, -0.05) is 6.07 Å². The maximum atomic E-state index is 12.8. The van der Waals surface area contributed by atoms with Gasteiger partial charge in [0.05, 0.1) is 19.8 Å². The largest absolute Gasteiger partial charge is 0.496 e. The van der Waals surface area contributed by atoms with Crippen molar-refractivity contribution in [3.63, 3.8) is 0 Å². The molecule has 2 saturated heterocycles. The SMILES string of the molecule is COc1cccc(OC)c1CN1CCC(C(=O)N2CCC(C(N)=O)CC2)CC1. The normalized spacial score (nSPS) is 19.4. The first-order valence-corrected chi connectivity index (χ1v) is 10.0. The molecule has 154 valence electrons. The number of carbonyl (C=O) groups is 2. The lowest BCUT2D eigenvalue weighted by Gasteiger charge is -2.37. The average Bonchev–Trinajstić information content (AvgIpc) is 2.74. The summed E-state index contributed by atoms with van der Waals surface area (Å²) in [7, 11) is 3.34.